The second kappa shape index (κ2) is 8.77. The number of nitrogens with zero attached hydrogens (tertiary/aromatic N) is 1. The normalized spacial score (nSPS) is 18.1. The Labute approximate surface area is 174 Å². The van der Waals surface area contributed by atoms with E-state index in [1.54, 1.807) is 37.3 Å². The van der Waals surface area contributed by atoms with Crippen molar-refractivity contribution in [3.05, 3.63) is 65.7 Å². The average Bonchev–Trinajstić information content (AvgIpc) is 2.97. The molecule has 0 radical (unpaired) electrons. The largest absolute Gasteiger partial charge is 0.345 e. The molecule has 0 saturated carbocycles. The third-order valence-electron chi connectivity index (χ3n) is 5.05. The van der Waals surface area contributed by atoms with Crippen LogP contribution >= 0.6 is 0 Å². The van der Waals surface area contributed by atoms with Gasteiger partial charge in [-0.05, 0) is 30.5 Å². The van der Waals surface area contributed by atoms with Gasteiger partial charge in [-0.3, -0.25) is 19.3 Å². The molecule has 2 aromatic carbocycles. The first kappa shape index (κ1) is 21.0. The molecule has 3 rings (SSSR count). The smallest absolute Gasteiger partial charge is 0.325 e. The van der Waals surface area contributed by atoms with E-state index in [1.165, 1.54) is 0 Å². The van der Waals surface area contributed by atoms with Crippen LogP contribution in [0.1, 0.15) is 25.0 Å². The van der Waals surface area contributed by atoms with E-state index in [4.69, 9.17) is 0 Å². The predicted molar refractivity (Wildman–Crippen MR) is 111 cm³/mol. The Hall–Kier alpha value is -3.68. The van der Waals surface area contributed by atoms with Gasteiger partial charge < -0.3 is 16.0 Å². The summed E-state index contributed by atoms with van der Waals surface area (Å²) in [5, 5.41) is 7.84. The van der Waals surface area contributed by atoms with Gasteiger partial charge in [0.05, 0.1) is 6.54 Å². The fourth-order valence-electron chi connectivity index (χ4n) is 3.33. The highest BCUT2D eigenvalue weighted by Crippen LogP contribution is 2.28. The van der Waals surface area contributed by atoms with Gasteiger partial charge in [0, 0.05) is 5.69 Å². The van der Waals surface area contributed by atoms with Gasteiger partial charge in [0.25, 0.3) is 5.91 Å². The molecule has 8 nitrogen and oxygen atoms in total. The number of carbonyl (C=O) groups is 4. The maximum Gasteiger partial charge on any atom is 0.325 e. The summed E-state index contributed by atoms with van der Waals surface area (Å²) in [4.78, 5) is 50.4. The van der Waals surface area contributed by atoms with Crippen LogP contribution in [0.25, 0.3) is 0 Å². The van der Waals surface area contributed by atoms with Crippen molar-refractivity contribution in [1.29, 1.82) is 0 Å². The van der Waals surface area contributed by atoms with Gasteiger partial charge in [-0.15, -0.1) is 0 Å². The van der Waals surface area contributed by atoms with Crippen LogP contribution in [-0.4, -0.2) is 41.7 Å². The number of carbonyl (C=O) groups excluding carboxylic acids is 4. The van der Waals surface area contributed by atoms with Crippen LogP contribution in [0.15, 0.2) is 54.6 Å². The molecule has 1 heterocycles. The monoisotopic (exact) mass is 408 g/mol. The van der Waals surface area contributed by atoms with Crippen molar-refractivity contribution in [2.24, 2.45) is 0 Å². The molecule has 2 aromatic rings. The minimum Gasteiger partial charge on any atom is -0.345 e. The Morgan fingerprint density at radius 1 is 1.00 bits per heavy atom. The molecule has 0 spiro atoms. The standard InChI is InChI=1S/C22H24N4O4/c1-3-15-9-7-8-12-17(15)24-18(27)13-23-19(28)14-26-20(29)22(2,25-21(26)30)16-10-5-4-6-11-16/h4-12H,3,13-14H2,1-2H3,(H,23,28)(H,24,27)(H,25,30)/t22-/m1/s1. The molecule has 1 saturated heterocycles. The summed E-state index contributed by atoms with van der Waals surface area (Å²) >= 11 is 0. The zero-order chi connectivity index (χ0) is 21.7. The second-order valence-corrected chi connectivity index (χ2v) is 7.15. The first-order valence-corrected chi connectivity index (χ1v) is 9.69. The molecule has 5 amide bonds. The van der Waals surface area contributed by atoms with E-state index in [9.17, 15) is 19.2 Å². The molecule has 3 N–H and O–H groups in total. The van der Waals surface area contributed by atoms with Crippen molar-refractivity contribution in [2.75, 3.05) is 18.4 Å². The van der Waals surface area contributed by atoms with Crippen molar-refractivity contribution in [3.63, 3.8) is 0 Å². The van der Waals surface area contributed by atoms with E-state index in [2.05, 4.69) is 16.0 Å². The SMILES string of the molecule is CCc1ccccc1NC(=O)CNC(=O)CN1C(=O)N[C@](C)(c2ccccc2)C1=O. The molecule has 156 valence electrons. The topological polar surface area (TPSA) is 108 Å². The number of urea groups is 1. The molecule has 30 heavy (non-hydrogen) atoms. The van der Waals surface area contributed by atoms with E-state index in [1.807, 2.05) is 31.2 Å². The molecule has 1 atom stereocenters. The number of amides is 5. The first-order valence-electron chi connectivity index (χ1n) is 9.69. The molecule has 1 aliphatic rings. The molecule has 0 unspecified atom stereocenters. The number of aryl methyl sites for hydroxylation is 1. The van der Waals surface area contributed by atoms with Crippen molar-refractivity contribution in [1.82, 2.24) is 15.5 Å². The lowest BCUT2D eigenvalue weighted by Gasteiger charge is -2.22. The second-order valence-electron chi connectivity index (χ2n) is 7.15. The third kappa shape index (κ3) is 4.32. The summed E-state index contributed by atoms with van der Waals surface area (Å²) in [5.74, 6) is -1.51. The maximum absolute atomic E-state index is 12.8. The van der Waals surface area contributed by atoms with Crippen molar-refractivity contribution >= 4 is 29.4 Å². The van der Waals surface area contributed by atoms with E-state index in [0.717, 1.165) is 16.9 Å². The van der Waals surface area contributed by atoms with E-state index in [-0.39, 0.29) is 6.54 Å². The van der Waals surface area contributed by atoms with Crippen LogP contribution in [0, 0.1) is 0 Å². The minimum atomic E-state index is -1.24. The molecular formula is C22H24N4O4. The number of imide groups is 1. The van der Waals surface area contributed by atoms with Crippen LogP contribution in [0.5, 0.6) is 0 Å². The van der Waals surface area contributed by atoms with Gasteiger partial charge in [-0.2, -0.15) is 0 Å². The summed E-state index contributed by atoms with van der Waals surface area (Å²) in [6, 6.07) is 15.6. The molecule has 8 heteroatoms. The Balaban J connectivity index is 1.56. The van der Waals surface area contributed by atoms with Crippen molar-refractivity contribution < 1.29 is 19.2 Å². The van der Waals surface area contributed by atoms with Crippen LogP contribution < -0.4 is 16.0 Å². The summed E-state index contributed by atoms with van der Waals surface area (Å²) in [6.07, 6.45) is 0.759. The molecular weight excluding hydrogens is 384 g/mol. The van der Waals surface area contributed by atoms with Gasteiger partial charge in [-0.1, -0.05) is 55.5 Å². The van der Waals surface area contributed by atoms with Gasteiger partial charge in [0.2, 0.25) is 11.8 Å². The summed E-state index contributed by atoms with van der Waals surface area (Å²) in [7, 11) is 0. The van der Waals surface area contributed by atoms with E-state index < -0.39 is 35.8 Å². The Kier molecular flexibility index (Phi) is 6.15. The summed E-state index contributed by atoms with van der Waals surface area (Å²) < 4.78 is 0. The number of anilines is 1. The Bertz CT molecular complexity index is 976. The zero-order valence-corrected chi connectivity index (χ0v) is 16.9. The Morgan fingerprint density at radius 2 is 1.67 bits per heavy atom. The number of rotatable bonds is 7. The van der Waals surface area contributed by atoms with Gasteiger partial charge in [0.15, 0.2) is 0 Å². The minimum absolute atomic E-state index is 0.267. The number of hydrogen-bond acceptors (Lipinski definition) is 4. The number of benzene rings is 2. The van der Waals surface area contributed by atoms with Gasteiger partial charge >= 0.3 is 6.03 Å². The quantitative estimate of drug-likeness (QED) is 0.607. The van der Waals surface area contributed by atoms with Crippen molar-refractivity contribution in [2.45, 2.75) is 25.8 Å². The summed E-state index contributed by atoms with van der Waals surface area (Å²) in [5.41, 5.74) is 1.06. The van der Waals surface area contributed by atoms with Gasteiger partial charge in [0.1, 0.15) is 12.1 Å². The molecule has 0 aliphatic carbocycles. The van der Waals surface area contributed by atoms with Crippen LogP contribution in [0.4, 0.5) is 10.5 Å². The fourth-order valence-corrected chi connectivity index (χ4v) is 3.33. The molecule has 0 aromatic heterocycles. The highest BCUT2D eigenvalue weighted by Gasteiger charge is 2.49. The number of hydrogen-bond donors (Lipinski definition) is 3. The Morgan fingerprint density at radius 3 is 2.37 bits per heavy atom. The lowest BCUT2D eigenvalue weighted by molar-refractivity contribution is -0.135. The van der Waals surface area contributed by atoms with Crippen LogP contribution in [0.2, 0.25) is 0 Å². The lowest BCUT2D eigenvalue weighted by atomic mass is 9.92. The highest BCUT2D eigenvalue weighted by atomic mass is 16.2. The van der Waals surface area contributed by atoms with Crippen LogP contribution in [-0.2, 0) is 26.3 Å². The van der Waals surface area contributed by atoms with E-state index >= 15 is 0 Å². The maximum atomic E-state index is 12.8. The fraction of sp³-hybridized carbons (Fsp3) is 0.273. The summed E-state index contributed by atoms with van der Waals surface area (Å²) in [6.45, 7) is 2.84. The zero-order valence-electron chi connectivity index (χ0n) is 16.9. The van der Waals surface area contributed by atoms with Crippen LogP contribution in [0.3, 0.4) is 0 Å². The molecule has 1 aliphatic heterocycles. The number of nitrogens with one attached hydrogen (secondary N) is 3. The van der Waals surface area contributed by atoms with E-state index in [0.29, 0.717) is 11.3 Å². The average molecular weight is 408 g/mol. The lowest BCUT2D eigenvalue weighted by Crippen LogP contribution is -2.44. The molecule has 0 bridgehead atoms. The van der Waals surface area contributed by atoms with Crippen molar-refractivity contribution in [3.8, 4) is 0 Å². The highest BCUT2D eigenvalue weighted by molar-refractivity contribution is 6.09. The third-order valence-corrected chi connectivity index (χ3v) is 5.05. The first-order chi connectivity index (χ1) is 14.3. The number of para-hydroxylation sites is 1. The van der Waals surface area contributed by atoms with Gasteiger partial charge in [-0.25, -0.2) is 4.79 Å². The predicted octanol–water partition coefficient (Wildman–Crippen LogP) is 1.77. The molecule has 1 fully saturated rings.